The first-order valence-electron chi connectivity index (χ1n) is 11.4. The van der Waals surface area contributed by atoms with Gasteiger partial charge in [0.1, 0.15) is 11.4 Å². The zero-order valence-corrected chi connectivity index (χ0v) is 19.9. The third-order valence-electron chi connectivity index (χ3n) is 9.50. The summed E-state index contributed by atoms with van der Waals surface area (Å²) in [4.78, 5) is 50.8. The van der Waals surface area contributed by atoms with Crippen molar-refractivity contribution >= 4 is 23.5 Å². The molecule has 2 saturated carbocycles. The molecule has 2 bridgehead atoms. The third-order valence-corrected chi connectivity index (χ3v) is 9.50. The Morgan fingerprint density at radius 3 is 2.44 bits per heavy atom. The van der Waals surface area contributed by atoms with E-state index in [9.17, 15) is 19.2 Å². The molecule has 1 spiro atoms. The number of ether oxygens (including phenoxy) is 3. The number of rotatable bonds is 3. The summed E-state index contributed by atoms with van der Waals surface area (Å²) in [5, 5.41) is 0. The fourth-order valence-electron chi connectivity index (χ4n) is 7.55. The van der Waals surface area contributed by atoms with E-state index in [-0.39, 0.29) is 48.6 Å². The van der Waals surface area contributed by atoms with Gasteiger partial charge in [0.05, 0.1) is 19.6 Å². The minimum atomic E-state index is -1.07. The van der Waals surface area contributed by atoms with E-state index in [1.807, 2.05) is 20.8 Å². The molecule has 0 radical (unpaired) electrons. The van der Waals surface area contributed by atoms with E-state index in [0.29, 0.717) is 6.42 Å². The lowest BCUT2D eigenvalue weighted by atomic mass is 9.41. The molecule has 2 heterocycles. The van der Waals surface area contributed by atoms with Crippen molar-refractivity contribution < 1.29 is 33.4 Å². The Hall–Kier alpha value is -2.02. The van der Waals surface area contributed by atoms with Crippen LogP contribution < -0.4 is 0 Å². The summed E-state index contributed by atoms with van der Waals surface area (Å²) in [5.74, 6) is -1.40. The average molecular weight is 447 g/mol. The molecule has 4 aliphatic rings. The van der Waals surface area contributed by atoms with Gasteiger partial charge in [0.15, 0.2) is 11.9 Å². The van der Waals surface area contributed by atoms with Gasteiger partial charge in [-0.3, -0.25) is 19.2 Å². The van der Waals surface area contributed by atoms with Gasteiger partial charge in [-0.05, 0) is 37.2 Å². The molecule has 2 aliphatic heterocycles. The number of ketones is 2. The van der Waals surface area contributed by atoms with E-state index in [2.05, 4.69) is 13.5 Å². The highest BCUT2D eigenvalue weighted by molar-refractivity contribution is 5.88. The van der Waals surface area contributed by atoms with Crippen LogP contribution in [0.1, 0.15) is 66.7 Å². The van der Waals surface area contributed by atoms with Crippen molar-refractivity contribution in [3.05, 3.63) is 12.2 Å². The topological polar surface area (TPSA) is 96.0 Å². The predicted octanol–water partition coefficient (Wildman–Crippen LogP) is 3.19. The smallest absolute Gasteiger partial charge is 0.309 e. The highest BCUT2D eigenvalue weighted by Crippen LogP contribution is 2.70. The lowest BCUT2D eigenvalue weighted by molar-refractivity contribution is -0.293. The van der Waals surface area contributed by atoms with Crippen molar-refractivity contribution in [1.29, 1.82) is 0 Å². The second-order valence-electron chi connectivity index (χ2n) is 11.2. The monoisotopic (exact) mass is 446 g/mol. The Kier molecular flexibility index (Phi) is 5.06. The molecule has 0 aromatic carbocycles. The molecule has 4 fully saturated rings. The van der Waals surface area contributed by atoms with Gasteiger partial charge >= 0.3 is 11.9 Å². The standard InChI is InChI=1S/C25H34O7/c1-13-15-8-9-23(5)21(14(2)26)31-20(29)12-25(13,23)32-18-11-17(27)22(3,4)16(24(15,18)6)10-19(28)30-7/h15-16,18,21H,1,8-12H2,2-7H3/t15?,16-,18?,21-,23+,24+,25?/m0/s1. The molecule has 4 rings (SSSR count). The highest BCUT2D eigenvalue weighted by atomic mass is 16.6. The molecule has 0 aromatic rings. The second-order valence-corrected chi connectivity index (χ2v) is 11.2. The van der Waals surface area contributed by atoms with Gasteiger partial charge in [-0.2, -0.15) is 0 Å². The fraction of sp³-hybridized carbons (Fsp3) is 0.760. The van der Waals surface area contributed by atoms with E-state index in [4.69, 9.17) is 14.2 Å². The van der Waals surface area contributed by atoms with Crippen LogP contribution in [0, 0.1) is 28.1 Å². The number of methoxy groups -OCH3 is 1. The summed E-state index contributed by atoms with van der Waals surface area (Å²) in [5.41, 5.74) is -2.31. The first-order chi connectivity index (χ1) is 14.8. The maximum absolute atomic E-state index is 13.3. The van der Waals surface area contributed by atoms with E-state index >= 15 is 0 Å². The number of hydrogen-bond acceptors (Lipinski definition) is 7. The first kappa shape index (κ1) is 23.1. The zero-order valence-electron chi connectivity index (χ0n) is 19.9. The molecule has 2 saturated heterocycles. The summed E-state index contributed by atoms with van der Waals surface area (Å²) in [7, 11) is 1.35. The molecule has 0 N–H and O–H groups in total. The average Bonchev–Trinajstić information content (AvgIpc) is 2.70. The van der Waals surface area contributed by atoms with Gasteiger partial charge in [-0.1, -0.05) is 34.3 Å². The molecule has 2 aliphatic carbocycles. The summed E-state index contributed by atoms with van der Waals surface area (Å²) >= 11 is 0. The Bertz CT molecular complexity index is 919. The third kappa shape index (κ3) is 2.69. The number of carbonyl (C=O) groups excluding carboxylic acids is 4. The number of hydrogen-bond donors (Lipinski definition) is 0. The van der Waals surface area contributed by atoms with Crippen LogP contribution in [0.3, 0.4) is 0 Å². The fourth-order valence-corrected chi connectivity index (χ4v) is 7.55. The number of esters is 2. The minimum absolute atomic E-state index is 0.0194. The highest BCUT2D eigenvalue weighted by Gasteiger charge is 2.73. The van der Waals surface area contributed by atoms with Crippen LogP contribution in [0.15, 0.2) is 12.2 Å². The van der Waals surface area contributed by atoms with Crippen LogP contribution in [-0.2, 0) is 33.4 Å². The van der Waals surface area contributed by atoms with Crippen molar-refractivity contribution in [3.63, 3.8) is 0 Å². The first-order valence-corrected chi connectivity index (χ1v) is 11.4. The molecular formula is C25H34O7. The van der Waals surface area contributed by atoms with Gasteiger partial charge < -0.3 is 14.2 Å². The quantitative estimate of drug-likeness (QED) is 0.485. The van der Waals surface area contributed by atoms with Crippen LogP contribution >= 0.6 is 0 Å². The maximum atomic E-state index is 13.3. The molecule has 32 heavy (non-hydrogen) atoms. The van der Waals surface area contributed by atoms with Crippen molar-refractivity contribution in [3.8, 4) is 0 Å². The summed E-state index contributed by atoms with van der Waals surface area (Å²) in [6, 6.07) is 0. The van der Waals surface area contributed by atoms with Crippen LogP contribution in [0.5, 0.6) is 0 Å². The van der Waals surface area contributed by atoms with Crippen LogP contribution in [0.25, 0.3) is 0 Å². The van der Waals surface area contributed by atoms with Crippen molar-refractivity contribution in [2.75, 3.05) is 7.11 Å². The van der Waals surface area contributed by atoms with Gasteiger partial charge in [-0.15, -0.1) is 0 Å². The summed E-state index contributed by atoms with van der Waals surface area (Å²) < 4.78 is 17.3. The van der Waals surface area contributed by atoms with E-state index in [1.165, 1.54) is 14.0 Å². The van der Waals surface area contributed by atoms with Gasteiger partial charge in [0.25, 0.3) is 0 Å². The van der Waals surface area contributed by atoms with E-state index in [0.717, 1.165) is 12.0 Å². The van der Waals surface area contributed by atoms with E-state index < -0.39 is 40.0 Å². The van der Waals surface area contributed by atoms with Gasteiger partial charge in [0.2, 0.25) is 0 Å². The Morgan fingerprint density at radius 2 is 1.84 bits per heavy atom. The van der Waals surface area contributed by atoms with Gasteiger partial charge in [0, 0.05) is 29.1 Å². The van der Waals surface area contributed by atoms with Crippen LogP contribution in [0.2, 0.25) is 0 Å². The molecular weight excluding hydrogens is 412 g/mol. The van der Waals surface area contributed by atoms with Crippen molar-refractivity contribution in [1.82, 2.24) is 0 Å². The molecule has 0 amide bonds. The zero-order chi connectivity index (χ0) is 23.9. The van der Waals surface area contributed by atoms with Crippen LogP contribution in [0.4, 0.5) is 0 Å². The van der Waals surface area contributed by atoms with Crippen LogP contribution in [-0.4, -0.2) is 48.4 Å². The SMILES string of the molecule is C=C1C2CC[C@]3(C)[C@H](C(C)=O)OC(=O)CC13OC1CC(=O)C(C)(C)[C@H](CC(=O)OC)[C@]12C. The normalized spacial score (nSPS) is 44.8. The number of Topliss-reactive ketones (excluding diaryl/α,β-unsaturated/α-hetero) is 2. The molecule has 0 aromatic heterocycles. The predicted molar refractivity (Wildman–Crippen MR) is 114 cm³/mol. The Morgan fingerprint density at radius 1 is 1.19 bits per heavy atom. The van der Waals surface area contributed by atoms with Crippen molar-refractivity contribution in [2.45, 2.75) is 84.5 Å². The largest absolute Gasteiger partial charge is 0.469 e. The Labute approximate surface area is 189 Å². The van der Waals surface area contributed by atoms with Gasteiger partial charge in [-0.25, -0.2) is 0 Å². The number of carbonyl (C=O) groups is 4. The number of cyclic esters (lactones) is 1. The summed E-state index contributed by atoms with van der Waals surface area (Å²) in [6.07, 6.45) is 0.222. The lowest BCUT2D eigenvalue weighted by Crippen LogP contribution is -2.74. The van der Waals surface area contributed by atoms with Crippen molar-refractivity contribution in [2.24, 2.45) is 28.1 Å². The number of fused-ring (bicyclic) bond motifs is 3. The molecule has 7 atom stereocenters. The molecule has 7 heteroatoms. The second kappa shape index (κ2) is 6.99. The molecule has 7 nitrogen and oxygen atoms in total. The van der Waals surface area contributed by atoms with E-state index in [1.54, 1.807) is 0 Å². The lowest BCUT2D eigenvalue weighted by Gasteiger charge is -2.70. The summed E-state index contributed by atoms with van der Waals surface area (Å²) in [6.45, 7) is 13.7. The molecule has 3 unspecified atom stereocenters. The maximum Gasteiger partial charge on any atom is 0.309 e. The minimum Gasteiger partial charge on any atom is -0.469 e. The Balaban J connectivity index is 1.86. The molecule has 176 valence electrons.